The highest BCUT2D eigenvalue weighted by atomic mass is 79.9. The van der Waals surface area contributed by atoms with E-state index in [4.69, 9.17) is 0 Å². The molecule has 22 heavy (non-hydrogen) atoms. The van der Waals surface area contributed by atoms with E-state index in [1.165, 1.54) is 25.7 Å². The molecule has 1 aliphatic carbocycles. The van der Waals surface area contributed by atoms with Gasteiger partial charge in [0.25, 0.3) is 0 Å². The molecule has 0 unspecified atom stereocenters. The van der Waals surface area contributed by atoms with Gasteiger partial charge in [-0.2, -0.15) is 0 Å². The fourth-order valence-electron chi connectivity index (χ4n) is 3.76. The van der Waals surface area contributed by atoms with E-state index in [2.05, 4.69) is 32.2 Å². The third-order valence-corrected chi connectivity index (χ3v) is 5.08. The first-order valence-electron chi connectivity index (χ1n) is 7.65. The Hall–Kier alpha value is 0.130. The summed E-state index contributed by atoms with van der Waals surface area (Å²) in [5.41, 5.74) is 1.14. The Balaban J connectivity index is 0.00000121. The number of nitrogens with one attached hydrogen (secondary N) is 1. The molecule has 1 atom stereocenters. The monoisotopic (exact) mass is 412 g/mol. The van der Waals surface area contributed by atoms with Crippen LogP contribution in [0, 0.1) is 11.7 Å². The molecule has 1 aromatic rings. The normalized spacial score (nSPS) is 21.0. The quantitative estimate of drug-likeness (QED) is 0.780. The van der Waals surface area contributed by atoms with Crippen LogP contribution in [-0.2, 0) is 0 Å². The van der Waals surface area contributed by atoms with Crippen LogP contribution in [-0.4, -0.2) is 31.1 Å². The molecule has 2 aliphatic rings. The summed E-state index contributed by atoms with van der Waals surface area (Å²) in [6.45, 7) is 4.21. The van der Waals surface area contributed by atoms with Crippen molar-refractivity contribution in [2.75, 3.05) is 26.2 Å². The number of hydrogen-bond acceptors (Lipinski definition) is 2. The number of piperazine rings is 1. The van der Waals surface area contributed by atoms with Crippen molar-refractivity contribution in [2.45, 2.75) is 31.7 Å². The summed E-state index contributed by atoms with van der Waals surface area (Å²) in [6, 6.07) is 5.77. The van der Waals surface area contributed by atoms with Crippen LogP contribution in [0.25, 0.3) is 0 Å². The molecule has 1 saturated carbocycles. The summed E-state index contributed by atoms with van der Waals surface area (Å²) in [7, 11) is 0. The van der Waals surface area contributed by atoms with Gasteiger partial charge in [0.05, 0.1) is 0 Å². The molecule has 0 amide bonds. The van der Waals surface area contributed by atoms with Gasteiger partial charge in [0.2, 0.25) is 0 Å². The van der Waals surface area contributed by atoms with E-state index in [0.717, 1.165) is 36.2 Å². The molecule has 1 saturated heterocycles. The second-order valence-electron chi connectivity index (χ2n) is 5.98. The van der Waals surface area contributed by atoms with Gasteiger partial charge >= 0.3 is 0 Å². The van der Waals surface area contributed by atoms with Crippen LogP contribution in [0.5, 0.6) is 0 Å². The van der Waals surface area contributed by atoms with Crippen molar-refractivity contribution >= 4 is 40.7 Å². The molecule has 0 bridgehead atoms. The summed E-state index contributed by atoms with van der Waals surface area (Å²) in [5, 5.41) is 3.41. The summed E-state index contributed by atoms with van der Waals surface area (Å²) in [5.74, 6) is 0.550. The zero-order valence-electron chi connectivity index (χ0n) is 12.6. The fourth-order valence-corrected chi connectivity index (χ4v) is 4.24. The van der Waals surface area contributed by atoms with Crippen LogP contribution in [0.1, 0.15) is 37.3 Å². The van der Waals surface area contributed by atoms with E-state index >= 15 is 0 Å². The minimum atomic E-state index is -0.132. The molecule has 1 aromatic carbocycles. The number of nitrogens with zero attached hydrogens (tertiary/aromatic N) is 1. The third-order valence-electron chi connectivity index (χ3n) is 4.62. The molecule has 2 nitrogen and oxygen atoms in total. The van der Waals surface area contributed by atoms with Crippen LogP contribution >= 0.6 is 40.7 Å². The SMILES string of the molecule is Cl.Cl.Fc1cc(Br)cc([C@@H](C2CCCC2)N2CCNCC2)c1. The maximum absolute atomic E-state index is 13.8. The molecule has 2 fully saturated rings. The Bertz CT molecular complexity index is 443. The smallest absolute Gasteiger partial charge is 0.124 e. The summed E-state index contributed by atoms with van der Waals surface area (Å²) in [4.78, 5) is 2.55. The van der Waals surface area contributed by atoms with E-state index in [9.17, 15) is 4.39 Å². The van der Waals surface area contributed by atoms with Gasteiger partial charge < -0.3 is 5.32 Å². The maximum Gasteiger partial charge on any atom is 0.124 e. The van der Waals surface area contributed by atoms with E-state index < -0.39 is 0 Å². The summed E-state index contributed by atoms with van der Waals surface area (Å²) in [6.07, 6.45) is 5.21. The Kier molecular flexibility index (Phi) is 8.65. The number of hydrogen-bond donors (Lipinski definition) is 1. The first kappa shape index (κ1) is 20.2. The van der Waals surface area contributed by atoms with Crippen molar-refractivity contribution in [1.82, 2.24) is 10.2 Å². The van der Waals surface area contributed by atoms with Crippen molar-refractivity contribution in [3.05, 3.63) is 34.1 Å². The van der Waals surface area contributed by atoms with Crippen molar-refractivity contribution in [3.63, 3.8) is 0 Å². The second-order valence-corrected chi connectivity index (χ2v) is 6.89. The van der Waals surface area contributed by atoms with Crippen molar-refractivity contribution < 1.29 is 4.39 Å². The molecule has 1 aliphatic heterocycles. The first-order valence-corrected chi connectivity index (χ1v) is 8.44. The lowest BCUT2D eigenvalue weighted by atomic mass is 9.89. The van der Waals surface area contributed by atoms with Crippen LogP contribution in [0.2, 0.25) is 0 Å². The predicted octanol–water partition coefficient (Wildman–Crippen LogP) is 4.57. The van der Waals surface area contributed by atoms with E-state index in [1.807, 2.05) is 0 Å². The number of benzene rings is 1. The van der Waals surface area contributed by atoms with Crippen molar-refractivity contribution in [3.8, 4) is 0 Å². The molecule has 0 radical (unpaired) electrons. The molecule has 6 heteroatoms. The highest BCUT2D eigenvalue weighted by Crippen LogP contribution is 2.40. The van der Waals surface area contributed by atoms with Gasteiger partial charge in [-0.25, -0.2) is 4.39 Å². The molecular formula is C16H24BrCl2FN2. The van der Waals surface area contributed by atoms with Crippen LogP contribution in [0.4, 0.5) is 4.39 Å². The lowest BCUT2D eigenvalue weighted by molar-refractivity contribution is 0.125. The maximum atomic E-state index is 13.8. The Morgan fingerprint density at radius 2 is 1.73 bits per heavy atom. The van der Waals surface area contributed by atoms with Crippen molar-refractivity contribution in [2.24, 2.45) is 5.92 Å². The topological polar surface area (TPSA) is 15.3 Å². The molecule has 0 aromatic heterocycles. The second kappa shape index (κ2) is 9.43. The van der Waals surface area contributed by atoms with E-state index in [0.29, 0.717) is 12.0 Å². The standard InChI is InChI=1S/C16H22BrFN2.2ClH/c17-14-9-13(10-15(18)11-14)16(12-3-1-2-4-12)20-7-5-19-6-8-20;;/h9-12,16,19H,1-8H2;2*1H/t16-;;/m1../s1. The molecule has 3 rings (SSSR count). The molecule has 0 spiro atoms. The highest BCUT2D eigenvalue weighted by molar-refractivity contribution is 9.10. The van der Waals surface area contributed by atoms with Gasteiger partial charge in [-0.1, -0.05) is 28.8 Å². The average Bonchev–Trinajstić information content (AvgIpc) is 2.93. The predicted molar refractivity (Wildman–Crippen MR) is 97.7 cm³/mol. The molecule has 126 valence electrons. The van der Waals surface area contributed by atoms with Gasteiger partial charge in [0, 0.05) is 36.7 Å². The van der Waals surface area contributed by atoms with E-state index in [-0.39, 0.29) is 30.6 Å². The lowest BCUT2D eigenvalue weighted by Gasteiger charge is -2.38. The highest BCUT2D eigenvalue weighted by Gasteiger charge is 2.32. The zero-order chi connectivity index (χ0) is 13.9. The zero-order valence-corrected chi connectivity index (χ0v) is 15.8. The molecule has 1 N–H and O–H groups in total. The van der Waals surface area contributed by atoms with Crippen LogP contribution in [0.15, 0.2) is 22.7 Å². The fraction of sp³-hybridized carbons (Fsp3) is 0.625. The first-order chi connectivity index (χ1) is 9.74. The largest absolute Gasteiger partial charge is 0.314 e. The molecule has 1 heterocycles. The third kappa shape index (κ3) is 4.81. The Labute approximate surface area is 153 Å². The summed E-state index contributed by atoms with van der Waals surface area (Å²) < 4.78 is 14.6. The van der Waals surface area contributed by atoms with Gasteiger partial charge in [-0.3, -0.25) is 4.90 Å². The van der Waals surface area contributed by atoms with Gasteiger partial charge in [0.1, 0.15) is 5.82 Å². The average molecular weight is 414 g/mol. The minimum absolute atomic E-state index is 0. The van der Waals surface area contributed by atoms with Crippen LogP contribution in [0.3, 0.4) is 0 Å². The Morgan fingerprint density at radius 1 is 1.09 bits per heavy atom. The Morgan fingerprint density at radius 3 is 2.32 bits per heavy atom. The number of rotatable bonds is 3. The van der Waals surface area contributed by atoms with Gasteiger partial charge in [-0.15, -0.1) is 24.8 Å². The van der Waals surface area contributed by atoms with Gasteiger partial charge in [-0.05, 0) is 42.5 Å². The van der Waals surface area contributed by atoms with E-state index in [1.54, 1.807) is 12.1 Å². The van der Waals surface area contributed by atoms with Crippen molar-refractivity contribution in [1.29, 1.82) is 0 Å². The molecular weight excluding hydrogens is 390 g/mol. The lowest BCUT2D eigenvalue weighted by Crippen LogP contribution is -2.46. The van der Waals surface area contributed by atoms with Crippen LogP contribution < -0.4 is 5.32 Å². The summed E-state index contributed by atoms with van der Waals surface area (Å²) >= 11 is 3.44. The minimum Gasteiger partial charge on any atom is -0.314 e. The van der Waals surface area contributed by atoms with Gasteiger partial charge in [0.15, 0.2) is 0 Å². The number of halogens is 4.